The number of hydrogen-bond acceptors (Lipinski definition) is 2. The van der Waals surface area contributed by atoms with E-state index < -0.39 is 13.4 Å². The molecule has 0 aliphatic rings. The predicted octanol–water partition coefficient (Wildman–Crippen LogP) is 4.05. The highest BCUT2D eigenvalue weighted by Gasteiger charge is 2.30. The highest BCUT2D eigenvalue weighted by Crippen LogP contribution is 2.51. The van der Waals surface area contributed by atoms with Crippen LogP contribution < -0.4 is 5.32 Å². The number of benzene rings is 2. The van der Waals surface area contributed by atoms with Crippen LogP contribution in [-0.4, -0.2) is 9.79 Å². The van der Waals surface area contributed by atoms with E-state index >= 15 is 0 Å². The highest BCUT2D eigenvalue weighted by atomic mass is 79.9. The summed E-state index contributed by atoms with van der Waals surface area (Å²) >= 11 is 3.32. The molecule has 3 N–H and O–H groups in total. The normalized spacial score (nSPS) is 13.0. The van der Waals surface area contributed by atoms with Crippen molar-refractivity contribution in [3.8, 4) is 0 Å². The van der Waals surface area contributed by atoms with Crippen LogP contribution in [0.2, 0.25) is 0 Å². The van der Waals surface area contributed by atoms with E-state index in [0.717, 1.165) is 10.0 Å². The van der Waals surface area contributed by atoms with Gasteiger partial charge < -0.3 is 15.1 Å². The van der Waals surface area contributed by atoms with Gasteiger partial charge in [-0.05, 0) is 36.8 Å². The van der Waals surface area contributed by atoms with Gasteiger partial charge in [0.05, 0.1) is 0 Å². The molecule has 0 radical (unpaired) electrons. The lowest BCUT2D eigenvalue weighted by molar-refractivity contribution is 0.363. The molecule has 0 unspecified atom stereocenters. The minimum atomic E-state index is -4.32. The van der Waals surface area contributed by atoms with Crippen molar-refractivity contribution in [2.45, 2.75) is 12.7 Å². The lowest BCUT2D eigenvalue weighted by atomic mass is 10.1. The van der Waals surface area contributed by atoms with Crippen LogP contribution in [0.5, 0.6) is 0 Å². The monoisotopic (exact) mass is 355 g/mol. The first-order chi connectivity index (χ1) is 9.36. The van der Waals surface area contributed by atoms with Gasteiger partial charge in [0.1, 0.15) is 0 Å². The first kappa shape index (κ1) is 15.3. The molecule has 0 aliphatic carbocycles. The standard InChI is InChI=1S/C14H15BrNO3P/c1-10-3-2-4-11(9-10)14(20(17,18)19)16-13-7-5-12(15)6-8-13/h2-9,14,16H,1H3,(H2,17,18,19)/t14-/m0/s1. The Kier molecular flexibility index (Phi) is 4.66. The molecule has 1 atom stereocenters. The van der Waals surface area contributed by atoms with E-state index in [1.165, 1.54) is 0 Å². The van der Waals surface area contributed by atoms with Crippen molar-refractivity contribution in [1.82, 2.24) is 0 Å². The second-order valence-electron chi connectivity index (χ2n) is 4.56. The van der Waals surface area contributed by atoms with Gasteiger partial charge in [0.2, 0.25) is 0 Å². The fraction of sp³-hybridized carbons (Fsp3) is 0.143. The van der Waals surface area contributed by atoms with E-state index in [1.54, 1.807) is 30.3 Å². The Morgan fingerprint density at radius 1 is 1.15 bits per heavy atom. The van der Waals surface area contributed by atoms with Crippen LogP contribution in [0, 0.1) is 6.92 Å². The van der Waals surface area contributed by atoms with Crippen LogP contribution in [0.4, 0.5) is 5.69 Å². The highest BCUT2D eigenvalue weighted by molar-refractivity contribution is 9.10. The van der Waals surface area contributed by atoms with Gasteiger partial charge in [0.15, 0.2) is 5.78 Å². The molecular weight excluding hydrogens is 341 g/mol. The van der Waals surface area contributed by atoms with Gasteiger partial charge in [-0.3, -0.25) is 4.57 Å². The Morgan fingerprint density at radius 2 is 1.80 bits per heavy atom. The summed E-state index contributed by atoms with van der Waals surface area (Å²) < 4.78 is 12.6. The third-order valence-corrected chi connectivity index (χ3v) is 4.47. The second kappa shape index (κ2) is 6.10. The summed E-state index contributed by atoms with van der Waals surface area (Å²) in [5.41, 5.74) is 2.18. The van der Waals surface area contributed by atoms with Gasteiger partial charge in [-0.25, -0.2) is 0 Å². The van der Waals surface area contributed by atoms with Crippen molar-refractivity contribution in [3.63, 3.8) is 0 Å². The summed E-state index contributed by atoms with van der Waals surface area (Å²) in [6.45, 7) is 1.89. The van der Waals surface area contributed by atoms with Crippen molar-refractivity contribution in [2.24, 2.45) is 0 Å². The Balaban J connectivity index is 2.34. The number of rotatable bonds is 4. The van der Waals surface area contributed by atoms with Crippen molar-refractivity contribution < 1.29 is 14.4 Å². The topological polar surface area (TPSA) is 69.6 Å². The summed E-state index contributed by atoms with van der Waals surface area (Å²) in [4.78, 5) is 19.2. The molecule has 0 bridgehead atoms. The summed E-state index contributed by atoms with van der Waals surface area (Å²) in [5, 5.41) is 2.91. The first-order valence-corrected chi connectivity index (χ1v) is 8.47. The van der Waals surface area contributed by atoms with Gasteiger partial charge in [-0.15, -0.1) is 0 Å². The average molecular weight is 356 g/mol. The van der Waals surface area contributed by atoms with E-state index in [-0.39, 0.29) is 0 Å². The second-order valence-corrected chi connectivity index (χ2v) is 7.17. The van der Waals surface area contributed by atoms with Crippen LogP contribution in [0.15, 0.2) is 53.0 Å². The molecule has 0 fully saturated rings. The van der Waals surface area contributed by atoms with Crippen LogP contribution >= 0.6 is 23.5 Å². The average Bonchev–Trinajstić information content (AvgIpc) is 2.36. The molecule has 0 aliphatic heterocycles. The summed E-state index contributed by atoms with van der Waals surface area (Å²) in [6.07, 6.45) is 0. The molecule has 2 rings (SSSR count). The lowest BCUT2D eigenvalue weighted by Crippen LogP contribution is -2.11. The maximum absolute atomic E-state index is 11.7. The Bertz CT molecular complexity index is 639. The van der Waals surface area contributed by atoms with Crippen LogP contribution in [0.3, 0.4) is 0 Å². The van der Waals surface area contributed by atoms with E-state index in [4.69, 9.17) is 0 Å². The molecular formula is C14H15BrNO3P. The maximum Gasteiger partial charge on any atom is 0.352 e. The largest absolute Gasteiger partial charge is 0.368 e. The van der Waals surface area contributed by atoms with E-state index in [9.17, 15) is 14.4 Å². The van der Waals surface area contributed by atoms with Gasteiger partial charge in [0, 0.05) is 10.2 Å². The van der Waals surface area contributed by atoms with Gasteiger partial charge in [-0.1, -0.05) is 45.8 Å². The molecule has 2 aromatic rings. The molecule has 0 spiro atoms. The van der Waals surface area contributed by atoms with Crippen molar-refractivity contribution in [1.29, 1.82) is 0 Å². The van der Waals surface area contributed by atoms with Crippen LogP contribution in [-0.2, 0) is 4.57 Å². The number of hydrogen-bond donors (Lipinski definition) is 3. The minimum absolute atomic E-state index is 0.571. The summed E-state index contributed by atoms with van der Waals surface area (Å²) in [5.74, 6) is -1.05. The fourth-order valence-electron chi connectivity index (χ4n) is 1.91. The van der Waals surface area contributed by atoms with Gasteiger partial charge >= 0.3 is 7.60 Å². The van der Waals surface area contributed by atoms with Crippen molar-refractivity contribution >= 4 is 29.2 Å². The molecule has 0 saturated heterocycles. The number of anilines is 1. The lowest BCUT2D eigenvalue weighted by Gasteiger charge is -2.21. The van der Waals surface area contributed by atoms with Crippen LogP contribution in [0.1, 0.15) is 16.9 Å². The van der Waals surface area contributed by atoms with Gasteiger partial charge in [0.25, 0.3) is 0 Å². The maximum atomic E-state index is 11.7. The Labute approximate surface area is 126 Å². The van der Waals surface area contributed by atoms with E-state index in [1.807, 2.05) is 25.1 Å². The zero-order chi connectivity index (χ0) is 14.8. The molecule has 0 saturated carbocycles. The number of halogens is 1. The van der Waals surface area contributed by atoms with Gasteiger partial charge in [-0.2, -0.15) is 0 Å². The SMILES string of the molecule is Cc1cccc([C@@H](Nc2ccc(Br)cc2)P(=O)(O)O)c1. The minimum Gasteiger partial charge on any atom is -0.368 e. The fourth-order valence-corrected chi connectivity index (χ4v) is 3.04. The molecule has 20 heavy (non-hydrogen) atoms. The Morgan fingerprint density at radius 3 is 2.35 bits per heavy atom. The summed E-state index contributed by atoms with van der Waals surface area (Å²) in [7, 11) is -4.32. The van der Waals surface area contributed by atoms with Crippen LogP contribution in [0.25, 0.3) is 0 Å². The summed E-state index contributed by atoms with van der Waals surface area (Å²) in [6, 6.07) is 14.3. The van der Waals surface area contributed by atoms with E-state index in [2.05, 4.69) is 21.2 Å². The zero-order valence-corrected chi connectivity index (χ0v) is 13.3. The molecule has 4 nitrogen and oxygen atoms in total. The zero-order valence-electron chi connectivity index (χ0n) is 10.8. The first-order valence-electron chi connectivity index (χ1n) is 6.00. The third-order valence-electron chi connectivity index (χ3n) is 2.84. The van der Waals surface area contributed by atoms with Crippen molar-refractivity contribution in [3.05, 3.63) is 64.1 Å². The third kappa shape index (κ3) is 3.93. The molecule has 0 amide bonds. The predicted molar refractivity (Wildman–Crippen MR) is 83.7 cm³/mol. The smallest absolute Gasteiger partial charge is 0.352 e. The van der Waals surface area contributed by atoms with Crippen molar-refractivity contribution in [2.75, 3.05) is 5.32 Å². The molecule has 0 heterocycles. The molecule has 106 valence electrons. The molecule has 6 heteroatoms. The number of nitrogens with one attached hydrogen (secondary N) is 1. The Hall–Kier alpha value is -1.13. The number of aryl methyl sites for hydroxylation is 1. The van der Waals surface area contributed by atoms with E-state index in [0.29, 0.717) is 11.3 Å². The quantitative estimate of drug-likeness (QED) is 0.723. The molecule has 2 aromatic carbocycles. The molecule has 0 aromatic heterocycles.